The van der Waals surface area contributed by atoms with Crippen molar-refractivity contribution in [2.45, 2.75) is 25.0 Å². The van der Waals surface area contributed by atoms with Gasteiger partial charge in [-0.3, -0.25) is 4.79 Å². The Balaban J connectivity index is 1.57. The number of hydrogen-bond acceptors (Lipinski definition) is 5. The SMILES string of the molecule is O=C(NC[C@@H](O)c1ccccc1Cl)c1cn(C2CCNCC2)nn1. The molecule has 128 valence electrons. The van der Waals surface area contributed by atoms with Crippen molar-refractivity contribution in [1.29, 1.82) is 0 Å². The van der Waals surface area contributed by atoms with E-state index < -0.39 is 6.10 Å². The Kier molecular flexibility index (Phi) is 5.44. The average molecular weight is 350 g/mol. The number of piperidine rings is 1. The highest BCUT2D eigenvalue weighted by molar-refractivity contribution is 6.31. The molecular weight excluding hydrogens is 330 g/mol. The Labute approximate surface area is 145 Å². The maximum Gasteiger partial charge on any atom is 0.273 e. The molecule has 0 saturated carbocycles. The van der Waals surface area contributed by atoms with Gasteiger partial charge in [0.2, 0.25) is 0 Å². The molecule has 8 heteroatoms. The number of halogens is 1. The molecule has 0 bridgehead atoms. The number of aliphatic hydroxyl groups is 1. The Hall–Kier alpha value is -1.96. The average Bonchev–Trinajstić information content (AvgIpc) is 3.11. The van der Waals surface area contributed by atoms with E-state index in [1.807, 2.05) is 0 Å². The summed E-state index contributed by atoms with van der Waals surface area (Å²) in [6, 6.07) is 7.28. The maximum absolute atomic E-state index is 12.2. The first-order valence-electron chi connectivity index (χ1n) is 7.98. The topological polar surface area (TPSA) is 92.1 Å². The second-order valence-electron chi connectivity index (χ2n) is 5.81. The van der Waals surface area contributed by atoms with Gasteiger partial charge in [-0.25, -0.2) is 4.68 Å². The van der Waals surface area contributed by atoms with Crippen LogP contribution >= 0.6 is 11.6 Å². The van der Waals surface area contributed by atoms with Crippen molar-refractivity contribution in [2.24, 2.45) is 0 Å². The summed E-state index contributed by atoms with van der Waals surface area (Å²) in [5.74, 6) is -0.360. The zero-order chi connectivity index (χ0) is 16.9. The fourth-order valence-corrected chi connectivity index (χ4v) is 3.03. The van der Waals surface area contributed by atoms with E-state index in [2.05, 4.69) is 20.9 Å². The zero-order valence-corrected chi connectivity index (χ0v) is 13.9. The van der Waals surface area contributed by atoms with Crippen molar-refractivity contribution in [3.05, 3.63) is 46.7 Å². The summed E-state index contributed by atoms with van der Waals surface area (Å²) in [5, 5.41) is 24.6. The maximum atomic E-state index is 12.2. The number of rotatable bonds is 5. The standard InChI is InChI=1S/C16H20ClN5O2/c17-13-4-2-1-3-12(13)15(23)9-19-16(24)14-10-22(21-20-14)11-5-7-18-8-6-11/h1-4,10-11,15,18,23H,5-9H2,(H,19,24)/t15-/m1/s1. The lowest BCUT2D eigenvalue weighted by Gasteiger charge is -2.22. The third kappa shape index (κ3) is 3.92. The predicted octanol–water partition coefficient (Wildman–Crippen LogP) is 1.32. The monoisotopic (exact) mass is 349 g/mol. The van der Waals surface area contributed by atoms with Gasteiger partial charge >= 0.3 is 0 Å². The third-order valence-corrected chi connectivity index (χ3v) is 4.49. The predicted molar refractivity (Wildman–Crippen MR) is 89.9 cm³/mol. The number of aliphatic hydroxyl groups excluding tert-OH is 1. The molecule has 2 aromatic rings. The van der Waals surface area contributed by atoms with Gasteiger partial charge < -0.3 is 15.7 Å². The van der Waals surface area contributed by atoms with E-state index in [9.17, 15) is 9.90 Å². The van der Waals surface area contributed by atoms with Crippen LogP contribution in [-0.2, 0) is 0 Å². The lowest BCUT2D eigenvalue weighted by molar-refractivity contribution is 0.0911. The van der Waals surface area contributed by atoms with Crippen LogP contribution in [0, 0.1) is 0 Å². The molecule has 1 saturated heterocycles. The number of amides is 1. The van der Waals surface area contributed by atoms with Crippen LogP contribution < -0.4 is 10.6 Å². The molecule has 1 fully saturated rings. The van der Waals surface area contributed by atoms with Gasteiger partial charge in [0.25, 0.3) is 5.91 Å². The lowest BCUT2D eigenvalue weighted by Crippen LogP contribution is -2.30. The highest BCUT2D eigenvalue weighted by Crippen LogP contribution is 2.22. The number of hydrogen-bond donors (Lipinski definition) is 3. The molecule has 1 aromatic heterocycles. The number of aromatic nitrogens is 3. The number of carbonyl (C=O) groups excluding carboxylic acids is 1. The first-order valence-corrected chi connectivity index (χ1v) is 8.36. The summed E-state index contributed by atoms with van der Waals surface area (Å²) in [6.45, 7) is 1.94. The third-order valence-electron chi connectivity index (χ3n) is 4.15. The van der Waals surface area contributed by atoms with Crippen LogP contribution in [-0.4, -0.2) is 45.6 Å². The van der Waals surface area contributed by atoms with Crippen LogP contribution in [0.2, 0.25) is 5.02 Å². The summed E-state index contributed by atoms with van der Waals surface area (Å²) < 4.78 is 1.75. The highest BCUT2D eigenvalue weighted by Gasteiger charge is 2.19. The largest absolute Gasteiger partial charge is 0.387 e. The second-order valence-corrected chi connectivity index (χ2v) is 6.22. The minimum atomic E-state index is -0.873. The quantitative estimate of drug-likeness (QED) is 0.757. The summed E-state index contributed by atoms with van der Waals surface area (Å²) in [5.41, 5.74) is 0.831. The molecular formula is C16H20ClN5O2. The lowest BCUT2D eigenvalue weighted by atomic mass is 10.1. The molecule has 1 aromatic carbocycles. The molecule has 0 radical (unpaired) electrons. The van der Waals surface area contributed by atoms with Gasteiger partial charge in [-0.2, -0.15) is 0 Å². The van der Waals surface area contributed by atoms with Crippen molar-refractivity contribution in [1.82, 2.24) is 25.6 Å². The molecule has 1 aliphatic rings. The summed E-state index contributed by atoms with van der Waals surface area (Å²) in [4.78, 5) is 12.2. The van der Waals surface area contributed by atoms with Crippen LogP contribution in [0.1, 0.15) is 41.0 Å². The van der Waals surface area contributed by atoms with Crippen molar-refractivity contribution in [3.8, 4) is 0 Å². The minimum absolute atomic E-state index is 0.0583. The molecule has 0 spiro atoms. The summed E-state index contributed by atoms with van der Waals surface area (Å²) in [7, 11) is 0. The Bertz CT molecular complexity index is 699. The molecule has 24 heavy (non-hydrogen) atoms. The van der Waals surface area contributed by atoms with Crippen LogP contribution in [0.5, 0.6) is 0 Å². The van der Waals surface area contributed by atoms with Gasteiger partial charge in [0.15, 0.2) is 5.69 Å². The van der Waals surface area contributed by atoms with Crippen LogP contribution in [0.25, 0.3) is 0 Å². The van der Waals surface area contributed by atoms with Gasteiger partial charge in [-0.05, 0) is 32.0 Å². The summed E-state index contributed by atoms with van der Waals surface area (Å²) >= 11 is 6.04. The van der Waals surface area contributed by atoms with Crippen LogP contribution in [0.3, 0.4) is 0 Å². The number of benzene rings is 1. The van der Waals surface area contributed by atoms with Gasteiger partial charge in [0.1, 0.15) is 0 Å². The number of carbonyl (C=O) groups is 1. The molecule has 1 amide bonds. The second kappa shape index (κ2) is 7.74. The number of nitrogens with one attached hydrogen (secondary N) is 2. The molecule has 1 atom stereocenters. The van der Waals surface area contributed by atoms with Gasteiger partial charge in [-0.1, -0.05) is 35.0 Å². The van der Waals surface area contributed by atoms with Crippen LogP contribution in [0.15, 0.2) is 30.5 Å². The van der Waals surface area contributed by atoms with E-state index in [1.165, 1.54) is 0 Å². The van der Waals surface area contributed by atoms with E-state index in [0.29, 0.717) is 10.6 Å². The van der Waals surface area contributed by atoms with Gasteiger partial charge in [0.05, 0.1) is 18.3 Å². The van der Waals surface area contributed by atoms with E-state index in [1.54, 1.807) is 35.1 Å². The van der Waals surface area contributed by atoms with Gasteiger partial charge in [-0.15, -0.1) is 5.10 Å². The van der Waals surface area contributed by atoms with Crippen LogP contribution in [0.4, 0.5) is 0 Å². The minimum Gasteiger partial charge on any atom is -0.387 e. The molecule has 3 rings (SSSR count). The smallest absolute Gasteiger partial charge is 0.273 e. The van der Waals surface area contributed by atoms with E-state index in [4.69, 9.17) is 11.6 Å². The van der Waals surface area contributed by atoms with Crippen molar-refractivity contribution in [2.75, 3.05) is 19.6 Å². The van der Waals surface area contributed by atoms with E-state index in [0.717, 1.165) is 25.9 Å². The first-order chi connectivity index (χ1) is 11.6. The molecule has 2 heterocycles. The first kappa shape index (κ1) is 16.9. The Morgan fingerprint density at radius 1 is 1.42 bits per heavy atom. The molecule has 7 nitrogen and oxygen atoms in total. The summed E-state index contributed by atoms with van der Waals surface area (Å²) in [6.07, 6.45) is 2.72. The van der Waals surface area contributed by atoms with Crippen molar-refractivity contribution in [3.63, 3.8) is 0 Å². The normalized spacial score (nSPS) is 16.8. The number of nitrogens with zero attached hydrogens (tertiary/aromatic N) is 3. The highest BCUT2D eigenvalue weighted by atomic mass is 35.5. The van der Waals surface area contributed by atoms with Crippen molar-refractivity contribution >= 4 is 17.5 Å². The molecule has 0 aliphatic carbocycles. The van der Waals surface area contributed by atoms with E-state index in [-0.39, 0.29) is 24.2 Å². The van der Waals surface area contributed by atoms with E-state index >= 15 is 0 Å². The molecule has 0 unspecified atom stereocenters. The molecule has 3 N–H and O–H groups in total. The van der Waals surface area contributed by atoms with Crippen molar-refractivity contribution < 1.29 is 9.90 Å². The Morgan fingerprint density at radius 2 is 2.17 bits per heavy atom. The van der Waals surface area contributed by atoms with Gasteiger partial charge in [0, 0.05) is 17.1 Å². The fourth-order valence-electron chi connectivity index (χ4n) is 2.77. The Morgan fingerprint density at radius 3 is 2.92 bits per heavy atom. The fraction of sp³-hybridized carbons (Fsp3) is 0.438. The zero-order valence-electron chi connectivity index (χ0n) is 13.2. The molecule has 1 aliphatic heterocycles.